The molecule has 0 atom stereocenters. The summed E-state index contributed by atoms with van der Waals surface area (Å²) in [7, 11) is -4.49. The van der Waals surface area contributed by atoms with Crippen molar-refractivity contribution >= 4 is 33.1 Å². The Labute approximate surface area is 153 Å². The van der Waals surface area contributed by atoms with Gasteiger partial charge in [0, 0.05) is 12.1 Å². The van der Waals surface area contributed by atoms with Crippen LogP contribution in [0.5, 0.6) is 5.88 Å². The lowest BCUT2D eigenvalue weighted by Gasteiger charge is -2.12. The number of pyridine rings is 1. The Hall–Kier alpha value is -3.25. The van der Waals surface area contributed by atoms with E-state index >= 15 is 0 Å². The monoisotopic (exact) mass is 395 g/mol. The number of aromatic hydroxyl groups is 1. The molecule has 0 bridgehead atoms. The van der Waals surface area contributed by atoms with Gasteiger partial charge in [0.2, 0.25) is 5.88 Å². The number of nitrogens with zero attached hydrogens (tertiary/aromatic N) is 3. The van der Waals surface area contributed by atoms with Crippen molar-refractivity contribution < 1.29 is 22.9 Å². The number of hydrogen-bond acceptors (Lipinski definition) is 8. The molecular formula is C15H17N5O6S. The summed E-state index contributed by atoms with van der Waals surface area (Å²) in [5, 5.41) is 17.9. The summed E-state index contributed by atoms with van der Waals surface area (Å²) in [5.74, 6) is -1.48. The first-order valence-electron chi connectivity index (χ1n) is 7.54. The van der Waals surface area contributed by atoms with Gasteiger partial charge in [-0.15, -0.1) is 5.11 Å². The molecule has 0 aliphatic carbocycles. The molecule has 0 saturated heterocycles. The highest BCUT2D eigenvalue weighted by Crippen LogP contribution is 2.33. The van der Waals surface area contributed by atoms with E-state index < -0.39 is 32.4 Å². The van der Waals surface area contributed by atoms with E-state index in [9.17, 15) is 23.1 Å². The molecule has 0 saturated carbocycles. The third-order valence-electron chi connectivity index (χ3n) is 3.76. The Morgan fingerprint density at radius 3 is 2.41 bits per heavy atom. The van der Waals surface area contributed by atoms with Gasteiger partial charge < -0.3 is 16.6 Å². The molecule has 0 fully saturated rings. The first kappa shape index (κ1) is 20.1. The van der Waals surface area contributed by atoms with Gasteiger partial charge in [0.15, 0.2) is 0 Å². The lowest BCUT2D eigenvalue weighted by Crippen LogP contribution is -2.30. The van der Waals surface area contributed by atoms with E-state index in [1.807, 2.05) is 0 Å². The van der Waals surface area contributed by atoms with Crippen LogP contribution in [-0.2, 0) is 16.7 Å². The van der Waals surface area contributed by atoms with E-state index in [-0.39, 0.29) is 34.7 Å². The van der Waals surface area contributed by atoms with Crippen molar-refractivity contribution in [3.8, 4) is 5.88 Å². The molecule has 0 unspecified atom stereocenters. The minimum atomic E-state index is -4.49. The summed E-state index contributed by atoms with van der Waals surface area (Å²) in [4.78, 5) is 23.3. The molecule has 27 heavy (non-hydrogen) atoms. The maximum atomic E-state index is 12.2. The Kier molecular flexibility index (Phi) is 5.33. The predicted octanol–water partition coefficient (Wildman–Crippen LogP) is 1.23. The van der Waals surface area contributed by atoms with Gasteiger partial charge in [-0.3, -0.25) is 18.7 Å². The molecule has 2 aromatic rings. The highest BCUT2D eigenvalue weighted by Gasteiger charge is 2.21. The van der Waals surface area contributed by atoms with Crippen LogP contribution in [0.15, 0.2) is 38.1 Å². The molecular weight excluding hydrogens is 378 g/mol. The number of primary amides is 1. The molecule has 0 aliphatic heterocycles. The Morgan fingerprint density at radius 1 is 1.30 bits per heavy atom. The Balaban J connectivity index is 2.61. The second-order valence-electron chi connectivity index (χ2n) is 5.48. The van der Waals surface area contributed by atoms with Crippen molar-refractivity contribution in [3.05, 3.63) is 39.7 Å². The maximum absolute atomic E-state index is 12.2. The average molecular weight is 395 g/mol. The zero-order valence-electron chi connectivity index (χ0n) is 14.4. The highest BCUT2D eigenvalue weighted by molar-refractivity contribution is 7.86. The summed E-state index contributed by atoms with van der Waals surface area (Å²) in [6.07, 6.45) is 0. The zero-order valence-corrected chi connectivity index (χ0v) is 15.2. The molecule has 12 heteroatoms. The molecule has 0 aliphatic rings. The van der Waals surface area contributed by atoms with Gasteiger partial charge in [-0.1, -0.05) is 0 Å². The van der Waals surface area contributed by atoms with Gasteiger partial charge in [0.1, 0.15) is 16.1 Å². The lowest BCUT2D eigenvalue weighted by molar-refractivity contribution is 0.0997. The van der Waals surface area contributed by atoms with Crippen LogP contribution in [0.2, 0.25) is 0 Å². The molecule has 1 aromatic heterocycles. The van der Waals surface area contributed by atoms with E-state index in [1.54, 1.807) is 6.92 Å². The fraction of sp³-hybridized carbons (Fsp3) is 0.200. The summed E-state index contributed by atoms with van der Waals surface area (Å²) >= 11 is 0. The molecule has 11 nitrogen and oxygen atoms in total. The number of anilines is 1. The summed E-state index contributed by atoms with van der Waals surface area (Å²) < 4.78 is 32.3. The second kappa shape index (κ2) is 7.17. The fourth-order valence-electron chi connectivity index (χ4n) is 2.45. The van der Waals surface area contributed by atoms with E-state index in [2.05, 4.69) is 10.2 Å². The smallest absolute Gasteiger partial charge is 0.296 e. The van der Waals surface area contributed by atoms with E-state index in [1.165, 1.54) is 13.0 Å². The molecule has 2 rings (SSSR count). The third-order valence-corrected chi connectivity index (χ3v) is 4.68. The van der Waals surface area contributed by atoms with Gasteiger partial charge in [0.25, 0.3) is 21.6 Å². The van der Waals surface area contributed by atoms with Gasteiger partial charge in [0.05, 0.1) is 11.4 Å². The quantitative estimate of drug-likeness (QED) is 0.332. The van der Waals surface area contributed by atoms with Crippen molar-refractivity contribution in [2.24, 2.45) is 16.0 Å². The van der Waals surface area contributed by atoms with Crippen molar-refractivity contribution in [1.29, 1.82) is 0 Å². The lowest BCUT2D eigenvalue weighted by atomic mass is 10.1. The molecule has 144 valence electrons. The largest absolute Gasteiger partial charge is 0.493 e. The molecule has 1 aromatic carbocycles. The maximum Gasteiger partial charge on any atom is 0.296 e. The molecule has 1 heterocycles. The van der Waals surface area contributed by atoms with E-state index in [0.29, 0.717) is 0 Å². The van der Waals surface area contributed by atoms with Crippen LogP contribution in [-0.4, -0.2) is 28.6 Å². The minimum Gasteiger partial charge on any atom is -0.493 e. The van der Waals surface area contributed by atoms with Gasteiger partial charge >= 0.3 is 0 Å². The topological polar surface area (TPSA) is 190 Å². The molecule has 0 spiro atoms. The van der Waals surface area contributed by atoms with Crippen molar-refractivity contribution in [1.82, 2.24) is 4.57 Å². The number of rotatable bonds is 5. The van der Waals surface area contributed by atoms with Crippen LogP contribution in [0.25, 0.3) is 0 Å². The van der Waals surface area contributed by atoms with Crippen LogP contribution in [0, 0.1) is 6.92 Å². The van der Waals surface area contributed by atoms with Crippen molar-refractivity contribution in [2.45, 2.75) is 25.3 Å². The highest BCUT2D eigenvalue weighted by atomic mass is 32.2. The Morgan fingerprint density at radius 2 is 1.93 bits per heavy atom. The van der Waals surface area contributed by atoms with Crippen LogP contribution in [0.4, 0.5) is 17.1 Å². The number of nitrogens with two attached hydrogens (primary N) is 2. The number of carbonyl (C=O) groups is 1. The number of carbonyl (C=O) groups excluding carboxylic acids is 1. The number of azo groups is 1. The van der Waals surface area contributed by atoms with Crippen LogP contribution >= 0.6 is 0 Å². The summed E-state index contributed by atoms with van der Waals surface area (Å²) in [6, 6.07) is 3.40. The number of hydrogen-bond donors (Lipinski definition) is 4. The fourth-order valence-corrected chi connectivity index (χ4v) is 3.05. The van der Waals surface area contributed by atoms with Gasteiger partial charge in [-0.2, -0.15) is 13.5 Å². The number of nitrogen functional groups attached to an aromatic ring is 1. The van der Waals surface area contributed by atoms with E-state index in [0.717, 1.165) is 16.7 Å². The first-order valence-corrected chi connectivity index (χ1v) is 8.98. The van der Waals surface area contributed by atoms with Gasteiger partial charge in [-0.05, 0) is 32.0 Å². The second-order valence-corrected chi connectivity index (χ2v) is 6.87. The number of aromatic nitrogens is 1. The van der Waals surface area contributed by atoms with Crippen LogP contribution in [0.1, 0.15) is 22.8 Å². The predicted molar refractivity (Wildman–Crippen MR) is 96.1 cm³/mol. The Bertz CT molecular complexity index is 1120. The van der Waals surface area contributed by atoms with Crippen LogP contribution in [0.3, 0.4) is 0 Å². The number of amides is 1. The van der Waals surface area contributed by atoms with E-state index in [4.69, 9.17) is 16.0 Å². The summed E-state index contributed by atoms with van der Waals surface area (Å²) in [6.45, 7) is 3.02. The normalized spacial score (nSPS) is 11.8. The van der Waals surface area contributed by atoms with Crippen LogP contribution < -0.4 is 17.0 Å². The average Bonchev–Trinajstić information content (AvgIpc) is 2.53. The first-order chi connectivity index (χ1) is 12.5. The van der Waals surface area contributed by atoms with Crippen molar-refractivity contribution in [2.75, 3.05) is 5.73 Å². The van der Waals surface area contributed by atoms with Gasteiger partial charge in [-0.25, -0.2) is 0 Å². The molecule has 0 radical (unpaired) electrons. The minimum absolute atomic E-state index is 0.0426. The number of benzene rings is 1. The third kappa shape index (κ3) is 3.80. The zero-order chi connectivity index (χ0) is 20.5. The SMILES string of the molecule is CCn1c(O)c(N=Nc2ccc(S(=O)(=O)O)c(N)c2)c(C)c(C(N)=O)c1=O. The summed E-state index contributed by atoms with van der Waals surface area (Å²) in [5.41, 5.74) is 9.47. The molecule has 6 N–H and O–H groups in total. The van der Waals surface area contributed by atoms with Crippen molar-refractivity contribution in [3.63, 3.8) is 0 Å². The standard InChI is InChI=1S/C15H17N5O6S/c1-3-20-14(22)11(13(17)21)7(2)12(15(20)23)19-18-8-4-5-10(9(16)6-8)27(24,25)26/h4-6,23H,3,16H2,1-2H3,(H2,17,21)(H,24,25,26). The molecule has 1 amide bonds.